The summed E-state index contributed by atoms with van der Waals surface area (Å²) in [5, 5.41) is 0. The maximum absolute atomic E-state index is 10.9. The van der Waals surface area contributed by atoms with Crippen molar-refractivity contribution in [1.82, 2.24) is 0 Å². The van der Waals surface area contributed by atoms with E-state index in [9.17, 15) is 4.79 Å². The summed E-state index contributed by atoms with van der Waals surface area (Å²) in [5.41, 5.74) is 1.18. The van der Waals surface area contributed by atoms with Gasteiger partial charge in [-0.2, -0.15) is 0 Å². The van der Waals surface area contributed by atoms with Crippen molar-refractivity contribution in [3.63, 3.8) is 0 Å². The summed E-state index contributed by atoms with van der Waals surface area (Å²) < 4.78 is 4.76. The van der Waals surface area contributed by atoms with E-state index in [1.807, 2.05) is 6.08 Å². The number of rotatable bonds is 5. The third-order valence-corrected chi connectivity index (χ3v) is 1.59. The molecule has 0 aromatic heterocycles. The topological polar surface area (TPSA) is 26.3 Å². The summed E-state index contributed by atoms with van der Waals surface area (Å²) in [5.74, 6) is -0.266. The van der Waals surface area contributed by atoms with Crippen LogP contribution in [0.4, 0.5) is 0 Å². The van der Waals surface area contributed by atoms with Crippen molar-refractivity contribution >= 4 is 5.97 Å². The number of carbonyl (C=O) groups excluding carboxylic acids is 1. The molecule has 0 aromatic rings. The molecule has 13 heavy (non-hydrogen) atoms. The molecule has 0 heterocycles. The van der Waals surface area contributed by atoms with Crippen molar-refractivity contribution in [3.05, 3.63) is 23.8 Å². The zero-order chi connectivity index (χ0) is 10.1. The van der Waals surface area contributed by atoms with E-state index < -0.39 is 0 Å². The molecule has 0 radical (unpaired) electrons. The fourth-order valence-electron chi connectivity index (χ4n) is 0.958. The second-order valence-electron chi connectivity index (χ2n) is 2.63. The van der Waals surface area contributed by atoms with E-state index in [1.165, 1.54) is 11.6 Å². The molecule has 0 rings (SSSR count). The van der Waals surface area contributed by atoms with Crippen molar-refractivity contribution in [2.45, 2.75) is 33.6 Å². The van der Waals surface area contributed by atoms with Crippen molar-refractivity contribution in [2.24, 2.45) is 0 Å². The van der Waals surface area contributed by atoms with Crippen LogP contribution in [0.5, 0.6) is 0 Å². The summed E-state index contributed by atoms with van der Waals surface area (Å²) in [6.45, 7) is 6.38. The zero-order valence-electron chi connectivity index (χ0n) is 8.67. The maximum atomic E-state index is 10.9. The molecule has 0 N–H and O–H groups in total. The molecule has 0 saturated heterocycles. The van der Waals surface area contributed by atoms with Crippen LogP contribution in [0.1, 0.15) is 33.6 Å². The van der Waals surface area contributed by atoms with Crippen molar-refractivity contribution in [3.8, 4) is 0 Å². The van der Waals surface area contributed by atoms with Crippen LogP contribution in [0.15, 0.2) is 23.8 Å². The van der Waals surface area contributed by atoms with Gasteiger partial charge in [0.25, 0.3) is 0 Å². The largest absolute Gasteiger partial charge is 0.463 e. The van der Waals surface area contributed by atoms with Gasteiger partial charge < -0.3 is 4.74 Å². The van der Waals surface area contributed by atoms with E-state index >= 15 is 0 Å². The van der Waals surface area contributed by atoms with E-state index in [0.717, 1.165) is 12.8 Å². The summed E-state index contributed by atoms with van der Waals surface area (Å²) in [6, 6.07) is 0. The first kappa shape index (κ1) is 11.9. The van der Waals surface area contributed by atoms with Gasteiger partial charge in [-0.25, -0.2) is 4.79 Å². The minimum atomic E-state index is -0.266. The van der Waals surface area contributed by atoms with Crippen LogP contribution in [0, 0.1) is 0 Å². The molecule has 0 fully saturated rings. The molecule has 0 aromatic carbocycles. The van der Waals surface area contributed by atoms with Gasteiger partial charge in [0.05, 0.1) is 6.61 Å². The van der Waals surface area contributed by atoms with Gasteiger partial charge in [0.1, 0.15) is 0 Å². The lowest BCUT2D eigenvalue weighted by Crippen LogP contribution is -1.98. The Balaban J connectivity index is 4.07. The molecule has 0 aliphatic rings. The lowest BCUT2D eigenvalue weighted by atomic mass is 10.1. The van der Waals surface area contributed by atoms with Crippen LogP contribution in [-0.2, 0) is 9.53 Å². The molecule has 0 atom stereocenters. The van der Waals surface area contributed by atoms with E-state index in [0.29, 0.717) is 6.61 Å². The van der Waals surface area contributed by atoms with E-state index in [4.69, 9.17) is 4.74 Å². The Morgan fingerprint density at radius 1 is 1.23 bits per heavy atom. The van der Waals surface area contributed by atoms with Crippen molar-refractivity contribution in [1.29, 1.82) is 0 Å². The highest BCUT2D eigenvalue weighted by Gasteiger charge is 1.93. The molecule has 2 heteroatoms. The van der Waals surface area contributed by atoms with Gasteiger partial charge in [-0.3, -0.25) is 0 Å². The Morgan fingerprint density at radius 3 is 2.38 bits per heavy atom. The number of ether oxygens (including phenoxy) is 1. The molecule has 0 bridgehead atoms. The van der Waals surface area contributed by atoms with Gasteiger partial charge in [0.15, 0.2) is 0 Å². The molecular formula is C11H18O2. The average Bonchev–Trinajstić information content (AvgIpc) is 2.12. The normalized spacial score (nSPS) is 12.1. The third kappa shape index (κ3) is 6.14. The molecule has 0 spiro atoms. The number of allylic oxidation sites excluding steroid dienone is 3. The Morgan fingerprint density at radius 2 is 1.92 bits per heavy atom. The maximum Gasteiger partial charge on any atom is 0.330 e. The predicted molar refractivity (Wildman–Crippen MR) is 54.4 cm³/mol. The van der Waals surface area contributed by atoms with Crippen LogP contribution in [0.2, 0.25) is 0 Å². The summed E-state index contributed by atoms with van der Waals surface area (Å²) in [6.07, 6.45) is 7.35. The monoisotopic (exact) mass is 182 g/mol. The standard InChI is InChI=1S/C11H18O2/c1-4-7-10(5-2)8-9-11(12)13-6-3/h7-9H,4-6H2,1-3H3/b9-8+,10-7+. The van der Waals surface area contributed by atoms with Crippen LogP contribution < -0.4 is 0 Å². The highest BCUT2D eigenvalue weighted by atomic mass is 16.5. The van der Waals surface area contributed by atoms with Crippen molar-refractivity contribution in [2.75, 3.05) is 6.61 Å². The third-order valence-electron chi connectivity index (χ3n) is 1.59. The van der Waals surface area contributed by atoms with Crippen LogP contribution in [-0.4, -0.2) is 12.6 Å². The van der Waals surface area contributed by atoms with Gasteiger partial charge in [-0.15, -0.1) is 0 Å². The first-order valence-corrected chi connectivity index (χ1v) is 4.78. The number of carbonyl (C=O) groups is 1. The molecule has 0 amide bonds. The zero-order valence-corrected chi connectivity index (χ0v) is 8.67. The molecule has 74 valence electrons. The first-order valence-electron chi connectivity index (χ1n) is 4.78. The molecule has 0 aliphatic heterocycles. The second-order valence-corrected chi connectivity index (χ2v) is 2.63. The number of hydrogen-bond acceptors (Lipinski definition) is 2. The van der Waals surface area contributed by atoms with E-state index in [2.05, 4.69) is 19.9 Å². The predicted octanol–water partition coefficient (Wildman–Crippen LogP) is 2.85. The minimum absolute atomic E-state index is 0.266. The second kappa shape index (κ2) is 7.59. The van der Waals surface area contributed by atoms with Crippen LogP contribution >= 0.6 is 0 Å². The van der Waals surface area contributed by atoms with Gasteiger partial charge in [-0.05, 0) is 19.8 Å². The van der Waals surface area contributed by atoms with Gasteiger partial charge in [0, 0.05) is 6.08 Å². The average molecular weight is 182 g/mol. The number of hydrogen-bond donors (Lipinski definition) is 0. The minimum Gasteiger partial charge on any atom is -0.463 e. The van der Waals surface area contributed by atoms with Crippen LogP contribution in [0.25, 0.3) is 0 Å². The fourth-order valence-corrected chi connectivity index (χ4v) is 0.958. The Kier molecular flexibility index (Phi) is 6.98. The smallest absolute Gasteiger partial charge is 0.330 e. The highest BCUT2D eigenvalue weighted by molar-refractivity contribution is 5.82. The van der Waals surface area contributed by atoms with Gasteiger partial charge >= 0.3 is 5.97 Å². The lowest BCUT2D eigenvalue weighted by Gasteiger charge is -1.97. The SMILES string of the molecule is CC/C=C(/C=C/C(=O)OCC)CC. The quantitative estimate of drug-likeness (QED) is 0.371. The lowest BCUT2D eigenvalue weighted by molar-refractivity contribution is -0.137. The summed E-state index contributed by atoms with van der Waals surface area (Å²) >= 11 is 0. The highest BCUT2D eigenvalue weighted by Crippen LogP contribution is 2.03. The summed E-state index contributed by atoms with van der Waals surface area (Å²) in [7, 11) is 0. The summed E-state index contributed by atoms with van der Waals surface area (Å²) in [4.78, 5) is 10.9. The van der Waals surface area contributed by atoms with Crippen molar-refractivity contribution < 1.29 is 9.53 Å². The first-order chi connectivity index (χ1) is 6.24. The Hall–Kier alpha value is -1.05. The molecule has 0 saturated carbocycles. The van der Waals surface area contributed by atoms with E-state index in [1.54, 1.807) is 6.92 Å². The van der Waals surface area contributed by atoms with Gasteiger partial charge in [0.2, 0.25) is 0 Å². The molecule has 0 unspecified atom stereocenters. The van der Waals surface area contributed by atoms with Crippen LogP contribution in [0.3, 0.4) is 0 Å². The fraction of sp³-hybridized carbons (Fsp3) is 0.545. The Bertz CT molecular complexity index is 202. The molecular weight excluding hydrogens is 164 g/mol. The Labute approximate surface area is 80.3 Å². The molecule has 2 nitrogen and oxygen atoms in total. The van der Waals surface area contributed by atoms with E-state index in [-0.39, 0.29) is 5.97 Å². The molecule has 0 aliphatic carbocycles. The van der Waals surface area contributed by atoms with Gasteiger partial charge in [-0.1, -0.05) is 31.6 Å². The number of esters is 1.